The van der Waals surface area contributed by atoms with E-state index in [0.717, 1.165) is 18.4 Å². The Kier molecular flexibility index (Phi) is 3.64. The monoisotopic (exact) mass is 240 g/mol. The van der Waals surface area contributed by atoms with Crippen molar-refractivity contribution in [2.75, 3.05) is 0 Å². The van der Waals surface area contributed by atoms with Gasteiger partial charge in [-0.15, -0.1) is 0 Å². The standard InChI is InChI=1S/C12H17ClN2O/c1-8-11(13)14-9(2)15-12(8)16-10-6-4-3-5-7-10/h10H,3-7H2,1-2H3. The lowest BCUT2D eigenvalue weighted by atomic mass is 9.98. The van der Waals surface area contributed by atoms with Crippen molar-refractivity contribution in [3.63, 3.8) is 0 Å². The fraction of sp³-hybridized carbons (Fsp3) is 0.667. The lowest BCUT2D eigenvalue weighted by molar-refractivity contribution is 0.147. The molecule has 1 aliphatic rings. The van der Waals surface area contributed by atoms with Crippen molar-refractivity contribution in [2.45, 2.75) is 52.1 Å². The van der Waals surface area contributed by atoms with Crippen LogP contribution in [0.15, 0.2) is 0 Å². The first-order chi connectivity index (χ1) is 7.66. The van der Waals surface area contributed by atoms with Gasteiger partial charge < -0.3 is 4.74 Å². The minimum atomic E-state index is 0.304. The summed E-state index contributed by atoms with van der Waals surface area (Å²) < 4.78 is 5.91. The summed E-state index contributed by atoms with van der Waals surface area (Å²) in [4.78, 5) is 8.41. The van der Waals surface area contributed by atoms with Crippen LogP contribution in [0, 0.1) is 13.8 Å². The molecule has 1 aromatic heterocycles. The summed E-state index contributed by atoms with van der Waals surface area (Å²) >= 11 is 6.01. The maximum absolute atomic E-state index is 6.01. The van der Waals surface area contributed by atoms with Gasteiger partial charge in [-0.3, -0.25) is 0 Å². The van der Waals surface area contributed by atoms with E-state index in [2.05, 4.69) is 9.97 Å². The molecule has 0 atom stereocenters. The van der Waals surface area contributed by atoms with Gasteiger partial charge in [0, 0.05) is 5.56 Å². The van der Waals surface area contributed by atoms with Gasteiger partial charge in [-0.25, -0.2) is 4.98 Å². The van der Waals surface area contributed by atoms with E-state index < -0.39 is 0 Å². The first kappa shape index (κ1) is 11.6. The summed E-state index contributed by atoms with van der Waals surface area (Å²) in [6.07, 6.45) is 6.38. The Morgan fingerprint density at radius 1 is 1.12 bits per heavy atom. The van der Waals surface area contributed by atoms with E-state index in [4.69, 9.17) is 16.3 Å². The highest BCUT2D eigenvalue weighted by atomic mass is 35.5. The average Bonchev–Trinajstić information content (AvgIpc) is 2.27. The minimum absolute atomic E-state index is 0.304. The molecule has 1 aliphatic carbocycles. The van der Waals surface area contributed by atoms with Crippen LogP contribution in [0.3, 0.4) is 0 Å². The largest absolute Gasteiger partial charge is 0.474 e. The fourth-order valence-electron chi connectivity index (χ4n) is 2.03. The van der Waals surface area contributed by atoms with E-state index in [1.54, 1.807) is 0 Å². The summed E-state index contributed by atoms with van der Waals surface area (Å²) in [5.41, 5.74) is 0.845. The number of hydrogen-bond acceptors (Lipinski definition) is 3. The summed E-state index contributed by atoms with van der Waals surface area (Å²) in [6.45, 7) is 3.74. The highest BCUT2D eigenvalue weighted by Crippen LogP contribution is 2.26. The van der Waals surface area contributed by atoms with Gasteiger partial charge in [0.1, 0.15) is 17.1 Å². The van der Waals surface area contributed by atoms with Gasteiger partial charge in [-0.05, 0) is 39.5 Å². The maximum atomic E-state index is 6.01. The molecule has 0 aromatic carbocycles. The van der Waals surface area contributed by atoms with Crippen molar-refractivity contribution in [1.82, 2.24) is 9.97 Å². The lowest BCUT2D eigenvalue weighted by Gasteiger charge is -2.23. The third kappa shape index (κ3) is 2.64. The molecule has 0 amide bonds. The molecule has 1 aromatic rings. The quantitative estimate of drug-likeness (QED) is 0.743. The van der Waals surface area contributed by atoms with Crippen molar-refractivity contribution in [2.24, 2.45) is 0 Å². The van der Waals surface area contributed by atoms with Crippen molar-refractivity contribution < 1.29 is 4.74 Å². The molecule has 88 valence electrons. The normalized spacial score (nSPS) is 17.4. The Morgan fingerprint density at radius 3 is 2.50 bits per heavy atom. The number of aryl methyl sites for hydroxylation is 1. The predicted molar refractivity (Wildman–Crippen MR) is 64.0 cm³/mol. The van der Waals surface area contributed by atoms with Gasteiger partial charge in [-0.2, -0.15) is 4.98 Å². The first-order valence-corrected chi connectivity index (χ1v) is 6.22. The van der Waals surface area contributed by atoms with E-state index >= 15 is 0 Å². The van der Waals surface area contributed by atoms with Gasteiger partial charge in [0.2, 0.25) is 5.88 Å². The Morgan fingerprint density at radius 2 is 1.81 bits per heavy atom. The lowest BCUT2D eigenvalue weighted by Crippen LogP contribution is -2.21. The molecule has 0 spiro atoms. The molecule has 16 heavy (non-hydrogen) atoms. The molecule has 4 heteroatoms. The molecular weight excluding hydrogens is 224 g/mol. The summed E-state index contributed by atoms with van der Waals surface area (Å²) in [6, 6.07) is 0. The Hall–Kier alpha value is -0.830. The van der Waals surface area contributed by atoms with Gasteiger partial charge >= 0.3 is 0 Å². The second-order valence-corrected chi connectivity index (χ2v) is 4.73. The van der Waals surface area contributed by atoms with E-state index in [1.807, 2.05) is 13.8 Å². The SMILES string of the molecule is Cc1nc(Cl)c(C)c(OC2CCCCC2)n1. The molecule has 1 fully saturated rings. The molecular formula is C12H17ClN2O. The van der Waals surface area contributed by atoms with Crippen molar-refractivity contribution >= 4 is 11.6 Å². The van der Waals surface area contributed by atoms with Crippen molar-refractivity contribution in [3.05, 3.63) is 16.5 Å². The second-order valence-electron chi connectivity index (χ2n) is 4.37. The predicted octanol–water partition coefficient (Wildman–Crippen LogP) is 3.46. The molecule has 0 N–H and O–H groups in total. The van der Waals surface area contributed by atoms with Crippen molar-refractivity contribution in [1.29, 1.82) is 0 Å². The average molecular weight is 241 g/mol. The first-order valence-electron chi connectivity index (χ1n) is 5.84. The zero-order valence-electron chi connectivity index (χ0n) is 9.79. The van der Waals surface area contributed by atoms with Gasteiger partial charge in [0.15, 0.2) is 0 Å². The third-order valence-corrected chi connectivity index (χ3v) is 3.35. The van der Waals surface area contributed by atoms with Crippen LogP contribution in [-0.4, -0.2) is 16.1 Å². The number of nitrogens with zero attached hydrogens (tertiary/aromatic N) is 2. The van der Waals surface area contributed by atoms with Gasteiger partial charge in [0.25, 0.3) is 0 Å². The second kappa shape index (κ2) is 5.00. The van der Waals surface area contributed by atoms with Gasteiger partial charge in [0.05, 0.1) is 0 Å². The summed E-state index contributed by atoms with van der Waals surface area (Å²) in [7, 11) is 0. The molecule has 0 aliphatic heterocycles. The Bertz CT molecular complexity index is 376. The van der Waals surface area contributed by atoms with Crippen LogP contribution in [0.2, 0.25) is 5.15 Å². The smallest absolute Gasteiger partial charge is 0.221 e. The molecule has 1 heterocycles. The number of ether oxygens (including phenoxy) is 1. The zero-order valence-corrected chi connectivity index (χ0v) is 10.5. The third-order valence-electron chi connectivity index (χ3n) is 2.98. The highest BCUT2D eigenvalue weighted by Gasteiger charge is 2.17. The van der Waals surface area contributed by atoms with Crippen LogP contribution in [0.5, 0.6) is 5.88 Å². The zero-order chi connectivity index (χ0) is 11.5. The molecule has 2 rings (SSSR count). The molecule has 0 radical (unpaired) electrons. The summed E-state index contributed by atoms with van der Waals surface area (Å²) in [5, 5.41) is 0.498. The van der Waals surface area contributed by atoms with Gasteiger partial charge in [-0.1, -0.05) is 18.0 Å². The molecule has 0 bridgehead atoms. The van der Waals surface area contributed by atoms with Crippen LogP contribution < -0.4 is 4.74 Å². The summed E-state index contributed by atoms with van der Waals surface area (Å²) in [5.74, 6) is 1.32. The van der Waals surface area contributed by atoms with Crippen LogP contribution in [0.4, 0.5) is 0 Å². The topological polar surface area (TPSA) is 35.0 Å². The van der Waals surface area contributed by atoms with E-state index in [1.165, 1.54) is 19.3 Å². The maximum Gasteiger partial charge on any atom is 0.221 e. The number of rotatable bonds is 2. The molecule has 3 nitrogen and oxygen atoms in total. The van der Waals surface area contributed by atoms with Crippen LogP contribution in [0.1, 0.15) is 43.5 Å². The fourth-order valence-corrected chi connectivity index (χ4v) is 2.23. The number of aromatic nitrogens is 2. The van der Waals surface area contributed by atoms with Crippen LogP contribution in [-0.2, 0) is 0 Å². The van der Waals surface area contributed by atoms with E-state index in [-0.39, 0.29) is 0 Å². The molecule has 0 unspecified atom stereocenters. The van der Waals surface area contributed by atoms with E-state index in [9.17, 15) is 0 Å². The van der Waals surface area contributed by atoms with Crippen LogP contribution >= 0.6 is 11.6 Å². The molecule has 0 saturated heterocycles. The Labute approximate surface area is 101 Å². The molecule has 1 saturated carbocycles. The van der Waals surface area contributed by atoms with Crippen molar-refractivity contribution in [3.8, 4) is 5.88 Å². The van der Waals surface area contributed by atoms with E-state index in [0.29, 0.717) is 23.0 Å². The Balaban J connectivity index is 2.13. The minimum Gasteiger partial charge on any atom is -0.474 e. The van der Waals surface area contributed by atoms with Crippen LogP contribution in [0.25, 0.3) is 0 Å². The number of halogens is 1. The highest BCUT2D eigenvalue weighted by molar-refractivity contribution is 6.30. The number of hydrogen-bond donors (Lipinski definition) is 0.